The first-order chi connectivity index (χ1) is 7.87. The Morgan fingerprint density at radius 3 is 2.47 bits per heavy atom. The highest BCUT2D eigenvalue weighted by Gasteiger charge is 2.10. The molecule has 0 aromatic heterocycles. The normalized spacial score (nSPS) is 13.4. The minimum absolute atomic E-state index is 0.0435. The molecule has 0 amide bonds. The van der Waals surface area contributed by atoms with E-state index in [0.717, 1.165) is 6.26 Å². The summed E-state index contributed by atoms with van der Waals surface area (Å²) in [5.41, 5.74) is 0. The van der Waals surface area contributed by atoms with Crippen molar-refractivity contribution >= 4 is 21.4 Å². The van der Waals surface area contributed by atoms with E-state index < -0.39 is 15.9 Å². The molecule has 1 unspecified atom stereocenters. The lowest BCUT2D eigenvalue weighted by atomic mass is 10.3. The fraction of sp³-hybridized carbons (Fsp3) is 0.455. The average Bonchev–Trinajstić information content (AvgIpc) is 2.25. The van der Waals surface area contributed by atoms with Crippen molar-refractivity contribution in [2.75, 3.05) is 18.6 Å². The molecule has 0 saturated heterocycles. The summed E-state index contributed by atoms with van der Waals surface area (Å²) < 4.78 is 27.0. The quantitative estimate of drug-likeness (QED) is 0.857. The third kappa shape index (κ3) is 6.51. The average molecular weight is 279 g/mol. The van der Waals surface area contributed by atoms with Crippen LogP contribution >= 0.6 is 11.6 Å². The summed E-state index contributed by atoms with van der Waals surface area (Å²) in [6.45, 7) is 0.0666. The highest BCUT2D eigenvalue weighted by molar-refractivity contribution is 7.90. The van der Waals surface area contributed by atoms with Crippen molar-refractivity contribution in [1.29, 1.82) is 0 Å². The molecule has 1 atom stereocenters. The molecule has 17 heavy (non-hydrogen) atoms. The van der Waals surface area contributed by atoms with Crippen LogP contribution in [-0.4, -0.2) is 38.2 Å². The van der Waals surface area contributed by atoms with Crippen LogP contribution in [0.3, 0.4) is 0 Å². The molecule has 0 bridgehead atoms. The maximum absolute atomic E-state index is 10.9. The van der Waals surface area contributed by atoms with E-state index in [9.17, 15) is 13.5 Å². The summed E-state index contributed by atoms with van der Waals surface area (Å²) in [4.78, 5) is 0. The van der Waals surface area contributed by atoms with Crippen LogP contribution in [0.15, 0.2) is 24.3 Å². The predicted octanol–water partition coefficient (Wildman–Crippen LogP) is 1.51. The van der Waals surface area contributed by atoms with Crippen LogP contribution in [0.1, 0.15) is 6.42 Å². The zero-order chi connectivity index (χ0) is 12.9. The molecule has 0 aliphatic rings. The van der Waals surface area contributed by atoms with Gasteiger partial charge < -0.3 is 9.84 Å². The lowest BCUT2D eigenvalue weighted by Gasteiger charge is -2.11. The van der Waals surface area contributed by atoms with Gasteiger partial charge in [0.1, 0.15) is 22.2 Å². The lowest BCUT2D eigenvalue weighted by molar-refractivity contribution is 0.105. The number of benzene rings is 1. The van der Waals surface area contributed by atoms with E-state index >= 15 is 0 Å². The van der Waals surface area contributed by atoms with Gasteiger partial charge in [0.15, 0.2) is 0 Å². The van der Waals surface area contributed by atoms with Gasteiger partial charge in [-0.3, -0.25) is 0 Å². The lowest BCUT2D eigenvalue weighted by Crippen LogP contribution is -2.21. The summed E-state index contributed by atoms with van der Waals surface area (Å²) in [5.74, 6) is 0.547. The van der Waals surface area contributed by atoms with Crippen molar-refractivity contribution in [2.24, 2.45) is 0 Å². The van der Waals surface area contributed by atoms with E-state index in [4.69, 9.17) is 16.3 Å². The monoisotopic (exact) mass is 278 g/mol. The van der Waals surface area contributed by atoms with Gasteiger partial charge in [-0.15, -0.1) is 0 Å². The van der Waals surface area contributed by atoms with Gasteiger partial charge in [0.2, 0.25) is 0 Å². The first-order valence-electron chi connectivity index (χ1n) is 5.11. The SMILES string of the molecule is CS(=O)(=O)CCC(O)COc1ccc(Cl)cc1. The van der Waals surface area contributed by atoms with Gasteiger partial charge in [-0.1, -0.05) is 11.6 Å². The highest BCUT2D eigenvalue weighted by Crippen LogP contribution is 2.15. The van der Waals surface area contributed by atoms with E-state index in [1.165, 1.54) is 0 Å². The van der Waals surface area contributed by atoms with Crippen LogP contribution in [0, 0.1) is 0 Å². The Bertz CT molecular complexity index is 441. The van der Waals surface area contributed by atoms with Gasteiger partial charge in [-0.2, -0.15) is 0 Å². The van der Waals surface area contributed by atoms with Gasteiger partial charge in [0.25, 0.3) is 0 Å². The molecule has 0 saturated carbocycles. The van der Waals surface area contributed by atoms with Crippen LogP contribution in [0.2, 0.25) is 5.02 Å². The molecule has 1 aromatic rings. The first kappa shape index (κ1) is 14.3. The van der Waals surface area contributed by atoms with Gasteiger partial charge in [0, 0.05) is 11.3 Å². The number of halogens is 1. The van der Waals surface area contributed by atoms with Crippen molar-refractivity contribution in [3.63, 3.8) is 0 Å². The Morgan fingerprint density at radius 1 is 1.35 bits per heavy atom. The molecule has 0 aliphatic carbocycles. The van der Waals surface area contributed by atoms with Crippen LogP contribution < -0.4 is 4.74 Å². The molecule has 0 heterocycles. The highest BCUT2D eigenvalue weighted by atomic mass is 35.5. The minimum atomic E-state index is -3.04. The number of rotatable bonds is 6. The van der Waals surface area contributed by atoms with Gasteiger partial charge in [-0.25, -0.2) is 8.42 Å². The largest absolute Gasteiger partial charge is 0.491 e. The van der Waals surface area contributed by atoms with E-state index in [-0.39, 0.29) is 18.8 Å². The standard InChI is InChI=1S/C11H15ClO4S/c1-17(14,15)7-6-10(13)8-16-11-4-2-9(12)3-5-11/h2-5,10,13H,6-8H2,1H3. The zero-order valence-corrected chi connectivity index (χ0v) is 11.0. The number of hydrogen-bond acceptors (Lipinski definition) is 4. The van der Waals surface area contributed by atoms with Crippen LogP contribution in [0.4, 0.5) is 0 Å². The Hall–Kier alpha value is -0.780. The Kier molecular flexibility index (Phi) is 5.24. The number of aliphatic hydroxyl groups is 1. The molecule has 0 aliphatic heterocycles. The van der Waals surface area contributed by atoms with Crippen molar-refractivity contribution in [3.8, 4) is 5.75 Å². The van der Waals surface area contributed by atoms with Gasteiger partial charge in [0.05, 0.1) is 11.9 Å². The topological polar surface area (TPSA) is 63.6 Å². The van der Waals surface area contributed by atoms with Crippen molar-refractivity contribution < 1.29 is 18.3 Å². The summed E-state index contributed by atoms with van der Waals surface area (Å²) in [6, 6.07) is 6.73. The maximum Gasteiger partial charge on any atom is 0.147 e. The fourth-order valence-corrected chi connectivity index (χ4v) is 1.98. The Balaban J connectivity index is 2.33. The molecule has 1 rings (SSSR count). The molecular formula is C11H15ClO4S. The van der Waals surface area contributed by atoms with Crippen LogP contribution in [0.25, 0.3) is 0 Å². The molecular weight excluding hydrogens is 264 g/mol. The number of aliphatic hydroxyl groups excluding tert-OH is 1. The van der Waals surface area contributed by atoms with E-state index in [1.54, 1.807) is 24.3 Å². The van der Waals surface area contributed by atoms with E-state index in [1.807, 2.05) is 0 Å². The second-order valence-electron chi connectivity index (χ2n) is 3.84. The summed E-state index contributed by atoms with van der Waals surface area (Å²) in [6.07, 6.45) is 0.520. The zero-order valence-electron chi connectivity index (χ0n) is 9.47. The molecule has 1 N–H and O–H groups in total. The third-order valence-electron chi connectivity index (χ3n) is 2.08. The van der Waals surface area contributed by atoms with Crippen molar-refractivity contribution in [3.05, 3.63) is 29.3 Å². The maximum atomic E-state index is 10.9. The fourth-order valence-electron chi connectivity index (χ4n) is 1.16. The predicted molar refractivity (Wildman–Crippen MR) is 67.3 cm³/mol. The number of ether oxygens (including phenoxy) is 1. The second kappa shape index (κ2) is 6.23. The molecule has 0 spiro atoms. The van der Waals surface area contributed by atoms with E-state index in [2.05, 4.69) is 0 Å². The Morgan fingerprint density at radius 2 is 1.94 bits per heavy atom. The minimum Gasteiger partial charge on any atom is -0.491 e. The summed E-state index contributed by atoms with van der Waals surface area (Å²) in [7, 11) is -3.04. The second-order valence-corrected chi connectivity index (χ2v) is 6.53. The Labute approximate surface area is 106 Å². The van der Waals surface area contributed by atoms with E-state index in [0.29, 0.717) is 10.8 Å². The summed E-state index contributed by atoms with van der Waals surface area (Å²) >= 11 is 5.70. The number of hydrogen-bond donors (Lipinski definition) is 1. The molecule has 0 fully saturated rings. The van der Waals surface area contributed by atoms with Crippen molar-refractivity contribution in [2.45, 2.75) is 12.5 Å². The van der Waals surface area contributed by atoms with Gasteiger partial charge >= 0.3 is 0 Å². The molecule has 6 heteroatoms. The molecule has 96 valence electrons. The van der Waals surface area contributed by atoms with Crippen LogP contribution in [-0.2, 0) is 9.84 Å². The molecule has 0 radical (unpaired) electrons. The van der Waals surface area contributed by atoms with Crippen molar-refractivity contribution in [1.82, 2.24) is 0 Å². The number of sulfone groups is 1. The summed E-state index contributed by atoms with van der Waals surface area (Å²) in [5, 5.41) is 10.1. The molecule has 4 nitrogen and oxygen atoms in total. The van der Waals surface area contributed by atoms with Crippen LogP contribution in [0.5, 0.6) is 5.75 Å². The van der Waals surface area contributed by atoms with Gasteiger partial charge in [-0.05, 0) is 30.7 Å². The first-order valence-corrected chi connectivity index (χ1v) is 7.55. The molecule has 1 aromatic carbocycles. The smallest absolute Gasteiger partial charge is 0.147 e. The third-order valence-corrected chi connectivity index (χ3v) is 3.31.